The van der Waals surface area contributed by atoms with Gasteiger partial charge in [-0.1, -0.05) is 23.8 Å². The molecule has 0 unspecified atom stereocenters. The molecule has 0 atom stereocenters. The van der Waals surface area contributed by atoms with Crippen LogP contribution in [0.25, 0.3) is 0 Å². The van der Waals surface area contributed by atoms with Crippen molar-refractivity contribution in [2.24, 2.45) is 0 Å². The minimum atomic E-state index is -0.437. The van der Waals surface area contributed by atoms with E-state index in [-0.39, 0.29) is 18.1 Å². The van der Waals surface area contributed by atoms with E-state index in [4.69, 9.17) is 5.11 Å². The predicted octanol–water partition coefficient (Wildman–Crippen LogP) is 3.34. The summed E-state index contributed by atoms with van der Waals surface area (Å²) < 4.78 is 13.3. The van der Waals surface area contributed by atoms with Gasteiger partial charge in [0.25, 0.3) is 0 Å². The number of aryl methyl sites for hydroxylation is 2. The Morgan fingerprint density at radius 3 is 2.74 bits per heavy atom. The Hall–Kier alpha value is -1.85. The van der Waals surface area contributed by atoms with Gasteiger partial charge in [0.05, 0.1) is 12.4 Å². The SMILES string of the molecule is Cc1ccc(C)c(SCC(=O)NCc2ccc(F)c(CO)c2)c1. The summed E-state index contributed by atoms with van der Waals surface area (Å²) >= 11 is 1.50. The van der Waals surface area contributed by atoms with Crippen molar-refractivity contribution in [1.82, 2.24) is 5.32 Å². The lowest BCUT2D eigenvalue weighted by molar-refractivity contribution is -0.118. The Morgan fingerprint density at radius 1 is 1.22 bits per heavy atom. The highest BCUT2D eigenvalue weighted by atomic mass is 32.2. The molecule has 2 N–H and O–H groups in total. The molecule has 0 fully saturated rings. The third-order valence-electron chi connectivity index (χ3n) is 3.47. The molecule has 2 rings (SSSR count). The number of aliphatic hydroxyl groups is 1. The van der Waals surface area contributed by atoms with E-state index in [1.54, 1.807) is 12.1 Å². The molecule has 1 amide bonds. The van der Waals surface area contributed by atoms with E-state index in [1.165, 1.54) is 23.4 Å². The first-order valence-corrected chi connectivity index (χ1v) is 8.33. The molecule has 0 aliphatic rings. The first-order valence-electron chi connectivity index (χ1n) is 7.34. The first-order chi connectivity index (χ1) is 11.0. The summed E-state index contributed by atoms with van der Waals surface area (Å²) in [5, 5.41) is 11.9. The minimum Gasteiger partial charge on any atom is -0.392 e. The maximum absolute atomic E-state index is 13.3. The van der Waals surface area contributed by atoms with Crippen LogP contribution < -0.4 is 5.32 Å². The molecule has 0 radical (unpaired) electrons. The molecule has 0 spiro atoms. The van der Waals surface area contributed by atoms with Gasteiger partial charge in [0.2, 0.25) is 5.91 Å². The van der Waals surface area contributed by atoms with Gasteiger partial charge in [0.15, 0.2) is 0 Å². The van der Waals surface area contributed by atoms with Crippen molar-refractivity contribution in [1.29, 1.82) is 0 Å². The largest absolute Gasteiger partial charge is 0.392 e. The second-order valence-corrected chi connectivity index (χ2v) is 6.44. The smallest absolute Gasteiger partial charge is 0.230 e. The van der Waals surface area contributed by atoms with Crippen LogP contribution in [0.3, 0.4) is 0 Å². The normalized spacial score (nSPS) is 10.6. The monoisotopic (exact) mass is 333 g/mol. The summed E-state index contributed by atoms with van der Waals surface area (Å²) in [6, 6.07) is 10.6. The summed E-state index contributed by atoms with van der Waals surface area (Å²) in [5.41, 5.74) is 3.32. The third-order valence-corrected chi connectivity index (χ3v) is 4.63. The lowest BCUT2D eigenvalue weighted by Crippen LogP contribution is -2.24. The number of hydrogen-bond donors (Lipinski definition) is 2. The number of rotatable bonds is 6. The van der Waals surface area contributed by atoms with Crippen molar-refractivity contribution in [3.05, 3.63) is 64.5 Å². The fourth-order valence-electron chi connectivity index (χ4n) is 2.12. The average molecular weight is 333 g/mol. The van der Waals surface area contributed by atoms with Crippen LogP contribution in [0.4, 0.5) is 4.39 Å². The molecule has 23 heavy (non-hydrogen) atoms. The lowest BCUT2D eigenvalue weighted by Gasteiger charge is -2.09. The molecule has 0 saturated heterocycles. The van der Waals surface area contributed by atoms with Crippen LogP contribution in [0.5, 0.6) is 0 Å². The summed E-state index contributed by atoms with van der Waals surface area (Å²) in [6.07, 6.45) is 0. The van der Waals surface area contributed by atoms with Gasteiger partial charge >= 0.3 is 0 Å². The highest BCUT2D eigenvalue weighted by Gasteiger charge is 2.07. The Bertz CT molecular complexity index is 703. The lowest BCUT2D eigenvalue weighted by atomic mass is 10.1. The highest BCUT2D eigenvalue weighted by Crippen LogP contribution is 2.23. The van der Waals surface area contributed by atoms with Crippen molar-refractivity contribution < 1.29 is 14.3 Å². The maximum Gasteiger partial charge on any atom is 0.230 e. The van der Waals surface area contributed by atoms with Crippen molar-refractivity contribution >= 4 is 17.7 Å². The molecule has 5 heteroatoms. The second-order valence-electron chi connectivity index (χ2n) is 5.42. The number of aliphatic hydroxyl groups excluding tert-OH is 1. The molecule has 0 saturated carbocycles. The zero-order chi connectivity index (χ0) is 16.8. The van der Waals surface area contributed by atoms with Crippen LogP contribution in [-0.2, 0) is 17.9 Å². The van der Waals surface area contributed by atoms with Gasteiger partial charge in [-0.25, -0.2) is 4.39 Å². The number of carbonyl (C=O) groups is 1. The molecule has 2 aromatic rings. The van der Waals surface area contributed by atoms with Gasteiger partial charge in [0, 0.05) is 17.0 Å². The molecule has 0 aliphatic heterocycles. The van der Waals surface area contributed by atoms with Crippen LogP contribution in [0, 0.1) is 19.7 Å². The Labute approximate surface area is 139 Å². The van der Waals surface area contributed by atoms with E-state index in [9.17, 15) is 9.18 Å². The Balaban J connectivity index is 1.87. The zero-order valence-corrected chi connectivity index (χ0v) is 14.0. The summed E-state index contributed by atoms with van der Waals surface area (Å²) in [6.45, 7) is 4.01. The molecule has 0 bridgehead atoms. The van der Waals surface area contributed by atoms with Gasteiger partial charge in [0.1, 0.15) is 5.82 Å². The summed E-state index contributed by atoms with van der Waals surface area (Å²) in [7, 11) is 0. The zero-order valence-electron chi connectivity index (χ0n) is 13.2. The molecule has 3 nitrogen and oxygen atoms in total. The third kappa shape index (κ3) is 5.08. The average Bonchev–Trinajstić information content (AvgIpc) is 2.54. The number of thioether (sulfide) groups is 1. The van der Waals surface area contributed by atoms with Gasteiger partial charge in [-0.05, 0) is 43.2 Å². The van der Waals surface area contributed by atoms with Crippen LogP contribution in [-0.4, -0.2) is 16.8 Å². The number of carbonyl (C=O) groups excluding carboxylic acids is 1. The van der Waals surface area contributed by atoms with Crippen molar-refractivity contribution in [3.63, 3.8) is 0 Å². The number of benzene rings is 2. The molecule has 0 heterocycles. The number of halogens is 1. The fraction of sp³-hybridized carbons (Fsp3) is 0.278. The van der Waals surface area contributed by atoms with Crippen molar-refractivity contribution in [2.45, 2.75) is 31.9 Å². The molecule has 122 valence electrons. The van der Waals surface area contributed by atoms with Gasteiger partial charge in [-0.3, -0.25) is 4.79 Å². The van der Waals surface area contributed by atoms with Crippen molar-refractivity contribution in [3.8, 4) is 0 Å². The molecule has 2 aromatic carbocycles. The minimum absolute atomic E-state index is 0.0780. The van der Waals surface area contributed by atoms with Gasteiger partial charge in [-0.15, -0.1) is 11.8 Å². The van der Waals surface area contributed by atoms with Gasteiger partial charge < -0.3 is 10.4 Å². The van der Waals surface area contributed by atoms with Crippen LogP contribution in [0.2, 0.25) is 0 Å². The van der Waals surface area contributed by atoms with Crippen LogP contribution in [0.1, 0.15) is 22.3 Å². The Kier molecular flexibility index (Phi) is 6.19. The molecule has 0 aromatic heterocycles. The van der Waals surface area contributed by atoms with E-state index in [2.05, 4.69) is 11.4 Å². The number of hydrogen-bond acceptors (Lipinski definition) is 3. The quantitative estimate of drug-likeness (QED) is 0.797. The number of amides is 1. The molecular formula is C18H20FNO2S. The van der Waals surface area contributed by atoms with E-state index in [0.29, 0.717) is 12.3 Å². The molecular weight excluding hydrogens is 313 g/mol. The second kappa shape index (κ2) is 8.13. The van der Waals surface area contributed by atoms with E-state index in [1.807, 2.05) is 26.0 Å². The van der Waals surface area contributed by atoms with Crippen molar-refractivity contribution in [2.75, 3.05) is 5.75 Å². The van der Waals surface area contributed by atoms with Crippen LogP contribution >= 0.6 is 11.8 Å². The number of nitrogens with one attached hydrogen (secondary N) is 1. The van der Waals surface area contributed by atoms with E-state index >= 15 is 0 Å². The van der Waals surface area contributed by atoms with E-state index in [0.717, 1.165) is 16.0 Å². The standard InChI is InChI=1S/C18H20FNO2S/c1-12-3-4-13(2)17(7-12)23-11-18(22)20-9-14-5-6-16(19)15(8-14)10-21/h3-8,21H,9-11H2,1-2H3,(H,20,22). The summed E-state index contributed by atoms with van der Waals surface area (Å²) in [4.78, 5) is 13.1. The first kappa shape index (κ1) is 17.5. The highest BCUT2D eigenvalue weighted by molar-refractivity contribution is 8.00. The predicted molar refractivity (Wildman–Crippen MR) is 90.8 cm³/mol. The topological polar surface area (TPSA) is 49.3 Å². The molecule has 0 aliphatic carbocycles. The van der Waals surface area contributed by atoms with Crippen LogP contribution in [0.15, 0.2) is 41.3 Å². The Morgan fingerprint density at radius 2 is 2.00 bits per heavy atom. The van der Waals surface area contributed by atoms with Gasteiger partial charge in [-0.2, -0.15) is 0 Å². The van der Waals surface area contributed by atoms with E-state index < -0.39 is 5.82 Å². The summed E-state index contributed by atoms with van der Waals surface area (Å²) in [5.74, 6) is -0.183. The maximum atomic E-state index is 13.3. The fourth-order valence-corrected chi connectivity index (χ4v) is 3.07.